The lowest BCUT2D eigenvalue weighted by molar-refractivity contribution is -0.870. The molecule has 0 aliphatic carbocycles. The van der Waals surface area contributed by atoms with E-state index in [-0.39, 0.29) is 11.2 Å². The maximum absolute atomic E-state index is 13.7. The quantitative estimate of drug-likeness (QED) is 0.0905. The minimum Gasteiger partial charge on any atom is -0.486 e. The van der Waals surface area contributed by atoms with Crippen LogP contribution in [0.4, 0.5) is 0 Å². The van der Waals surface area contributed by atoms with Gasteiger partial charge in [-0.25, -0.2) is 0 Å². The lowest BCUT2D eigenvalue weighted by Crippen LogP contribution is -2.35. The molecule has 0 fully saturated rings. The van der Waals surface area contributed by atoms with E-state index in [2.05, 4.69) is 21.1 Å². The van der Waals surface area contributed by atoms with E-state index >= 15 is 0 Å². The summed E-state index contributed by atoms with van der Waals surface area (Å²) in [6, 6.07) is 32.9. The van der Waals surface area contributed by atoms with Gasteiger partial charge in [0.05, 0.1) is 39.7 Å². The Kier molecular flexibility index (Phi) is 10.4. The first-order chi connectivity index (χ1) is 21.4. The highest BCUT2D eigenvalue weighted by Gasteiger charge is 2.20. The third-order valence-corrected chi connectivity index (χ3v) is 7.41. The Morgan fingerprint density at radius 2 is 1.25 bits per heavy atom. The van der Waals surface area contributed by atoms with E-state index in [1.54, 1.807) is 6.07 Å². The number of hydrogen-bond acceptors (Lipinski definition) is 5. The van der Waals surface area contributed by atoms with Crippen LogP contribution >= 0.6 is 0 Å². The molecule has 5 aromatic rings. The van der Waals surface area contributed by atoms with Crippen LogP contribution in [-0.4, -0.2) is 38.8 Å². The van der Waals surface area contributed by atoms with E-state index in [9.17, 15) is 4.79 Å². The third kappa shape index (κ3) is 8.51. The summed E-state index contributed by atoms with van der Waals surface area (Å²) in [5.41, 5.74) is 3.11. The first kappa shape index (κ1) is 30.9. The van der Waals surface area contributed by atoms with Gasteiger partial charge in [-0.1, -0.05) is 72.8 Å². The molecule has 0 aliphatic rings. The van der Waals surface area contributed by atoms with Crippen molar-refractivity contribution in [1.82, 2.24) is 0 Å². The molecular weight excluding hydrogens is 550 g/mol. The van der Waals surface area contributed by atoms with E-state index in [1.165, 1.54) is 0 Å². The zero-order valence-electron chi connectivity index (χ0n) is 26.0. The second kappa shape index (κ2) is 14.8. The maximum atomic E-state index is 13.7. The smallest absolute Gasteiger partial charge is 0.235 e. The Bertz CT molecular complexity index is 1690. The molecule has 0 N–H and O–H groups in total. The van der Waals surface area contributed by atoms with Crippen LogP contribution in [0.25, 0.3) is 22.3 Å². The Labute approximate surface area is 260 Å². The maximum Gasteiger partial charge on any atom is 0.235 e. The number of fused-ring (bicyclic) bond motifs is 1. The number of ether oxygens (including phenoxy) is 3. The summed E-state index contributed by atoms with van der Waals surface area (Å²) in [7, 11) is 6.64. The molecule has 0 unspecified atom stereocenters. The molecule has 0 bridgehead atoms. The monoisotopic (exact) mass is 592 g/mol. The fourth-order valence-corrected chi connectivity index (χ4v) is 5.01. The molecule has 0 saturated carbocycles. The zero-order valence-corrected chi connectivity index (χ0v) is 26.0. The van der Waals surface area contributed by atoms with Gasteiger partial charge < -0.3 is 23.1 Å². The van der Waals surface area contributed by atoms with Crippen molar-refractivity contribution < 1.29 is 23.1 Å². The SMILES string of the molecule is C[N+](C)(C)CCCCCCOc1c(-c2ccc(OCc3ccccc3)c(OCc3ccccc3)c2)oc2ccccc2c1=O. The highest BCUT2D eigenvalue weighted by molar-refractivity contribution is 5.82. The molecule has 0 saturated heterocycles. The van der Waals surface area contributed by atoms with E-state index in [0.717, 1.165) is 47.8 Å². The molecule has 1 aromatic heterocycles. The van der Waals surface area contributed by atoms with Crippen LogP contribution in [0.5, 0.6) is 17.2 Å². The van der Waals surface area contributed by atoms with Crippen molar-refractivity contribution in [3.8, 4) is 28.6 Å². The fourth-order valence-electron chi connectivity index (χ4n) is 5.01. The van der Waals surface area contributed by atoms with Crippen LogP contribution in [0, 0.1) is 0 Å². The molecule has 6 nitrogen and oxygen atoms in total. The third-order valence-electron chi connectivity index (χ3n) is 7.41. The summed E-state index contributed by atoms with van der Waals surface area (Å²) < 4.78 is 26.0. The molecule has 4 aromatic carbocycles. The minimum atomic E-state index is -0.178. The highest BCUT2D eigenvalue weighted by atomic mass is 16.5. The Morgan fingerprint density at radius 3 is 1.93 bits per heavy atom. The number of rotatable bonds is 15. The van der Waals surface area contributed by atoms with Gasteiger partial charge in [-0.3, -0.25) is 4.79 Å². The molecule has 1 heterocycles. The van der Waals surface area contributed by atoms with Gasteiger partial charge in [0.15, 0.2) is 17.3 Å². The van der Waals surface area contributed by atoms with E-state index < -0.39 is 0 Å². The van der Waals surface area contributed by atoms with Gasteiger partial charge in [-0.15, -0.1) is 0 Å². The van der Waals surface area contributed by atoms with Crippen molar-refractivity contribution in [3.05, 3.63) is 124 Å². The molecule has 228 valence electrons. The van der Waals surface area contributed by atoms with Gasteiger partial charge in [0.2, 0.25) is 11.2 Å². The Hall–Kier alpha value is -4.55. The number of quaternary nitrogens is 1. The number of para-hydroxylation sites is 1. The Balaban J connectivity index is 1.41. The molecule has 0 atom stereocenters. The summed E-state index contributed by atoms with van der Waals surface area (Å²) in [5.74, 6) is 1.77. The van der Waals surface area contributed by atoms with Gasteiger partial charge in [-0.2, -0.15) is 0 Å². The Morgan fingerprint density at radius 1 is 0.636 bits per heavy atom. The van der Waals surface area contributed by atoms with Gasteiger partial charge in [0, 0.05) is 5.56 Å². The number of nitrogens with zero attached hydrogens (tertiary/aromatic N) is 1. The van der Waals surface area contributed by atoms with Gasteiger partial charge in [-0.05, 0) is 67.1 Å². The first-order valence-electron chi connectivity index (χ1n) is 15.3. The predicted molar refractivity (Wildman–Crippen MR) is 176 cm³/mol. The molecule has 0 amide bonds. The number of hydrogen-bond donors (Lipinski definition) is 0. The molecule has 6 heteroatoms. The van der Waals surface area contributed by atoms with Gasteiger partial charge >= 0.3 is 0 Å². The van der Waals surface area contributed by atoms with Gasteiger partial charge in [0.25, 0.3) is 0 Å². The molecular formula is C38H42NO5+. The van der Waals surface area contributed by atoms with Crippen molar-refractivity contribution in [1.29, 1.82) is 0 Å². The average Bonchev–Trinajstić information content (AvgIpc) is 3.04. The lowest BCUT2D eigenvalue weighted by atomic mass is 10.1. The minimum absolute atomic E-state index is 0.178. The topological polar surface area (TPSA) is 57.9 Å². The summed E-state index contributed by atoms with van der Waals surface area (Å²) in [5, 5.41) is 0.498. The summed E-state index contributed by atoms with van der Waals surface area (Å²) in [6.45, 7) is 2.34. The lowest BCUT2D eigenvalue weighted by Gasteiger charge is -2.23. The molecule has 0 spiro atoms. The van der Waals surface area contributed by atoms with Crippen molar-refractivity contribution in [2.75, 3.05) is 34.3 Å². The fraction of sp³-hybridized carbons (Fsp3) is 0.289. The van der Waals surface area contributed by atoms with Crippen molar-refractivity contribution >= 4 is 11.0 Å². The largest absolute Gasteiger partial charge is 0.486 e. The summed E-state index contributed by atoms with van der Waals surface area (Å²) >= 11 is 0. The van der Waals surface area contributed by atoms with Crippen LogP contribution in [0.15, 0.2) is 112 Å². The van der Waals surface area contributed by atoms with Crippen LogP contribution < -0.4 is 19.6 Å². The molecule has 0 radical (unpaired) electrons. The standard InChI is InChI=1S/C38H42NO5/c1-39(2,3)24-14-4-5-15-25-41-38-36(40)32-20-12-13-21-33(32)44-37(38)31-22-23-34(42-27-29-16-8-6-9-17-29)35(26-31)43-28-30-18-10-7-11-19-30/h6-13,16-23,26H,4-5,14-15,24-25,27-28H2,1-3H3/q+1. The van der Waals surface area contributed by atoms with E-state index in [4.69, 9.17) is 18.6 Å². The van der Waals surface area contributed by atoms with E-state index in [0.29, 0.717) is 53.6 Å². The van der Waals surface area contributed by atoms with Crippen LogP contribution in [0.1, 0.15) is 36.8 Å². The first-order valence-corrected chi connectivity index (χ1v) is 15.3. The van der Waals surface area contributed by atoms with Crippen LogP contribution in [0.2, 0.25) is 0 Å². The average molecular weight is 593 g/mol. The number of unbranched alkanes of at least 4 members (excludes halogenated alkanes) is 3. The molecule has 0 aliphatic heterocycles. The predicted octanol–water partition coefficient (Wildman–Crippen LogP) is 8.26. The highest BCUT2D eigenvalue weighted by Crippen LogP contribution is 2.38. The second-order valence-corrected chi connectivity index (χ2v) is 12.1. The zero-order chi connectivity index (χ0) is 30.8. The molecule has 5 rings (SSSR count). The second-order valence-electron chi connectivity index (χ2n) is 12.1. The summed E-state index contributed by atoms with van der Waals surface area (Å²) in [4.78, 5) is 13.7. The van der Waals surface area contributed by atoms with Crippen molar-refractivity contribution in [3.63, 3.8) is 0 Å². The van der Waals surface area contributed by atoms with Crippen molar-refractivity contribution in [2.45, 2.75) is 38.9 Å². The summed E-state index contributed by atoms with van der Waals surface area (Å²) in [6.07, 6.45) is 4.20. The number of benzene rings is 4. The van der Waals surface area contributed by atoms with E-state index in [1.807, 2.05) is 97.1 Å². The van der Waals surface area contributed by atoms with Crippen molar-refractivity contribution in [2.24, 2.45) is 0 Å². The van der Waals surface area contributed by atoms with Crippen LogP contribution in [-0.2, 0) is 13.2 Å². The normalized spacial score (nSPS) is 11.4. The van der Waals surface area contributed by atoms with Crippen LogP contribution in [0.3, 0.4) is 0 Å². The molecule has 44 heavy (non-hydrogen) atoms. The van der Waals surface area contributed by atoms with Gasteiger partial charge in [0.1, 0.15) is 18.8 Å².